The van der Waals surface area contributed by atoms with Crippen LogP contribution in [0.2, 0.25) is 5.02 Å². The van der Waals surface area contributed by atoms with Crippen LogP contribution in [-0.4, -0.2) is 5.97 Å². The Balaban J connectivity index is 2.06. The van der Waals surface area contributed by atoms with E-state index in [0.29, 0.717) is 15.1 Å². The molecule has 2 aromatic carbocycles. The molecule has 0 heterocycles. The fourth-order valence-corrected chi connectivity index (χ4v) is 1.99. The molecule has 0 aliphatic heterocycles. The molecule has 104 valence electrons. The Bertz CT molecular complexity index is 664. The standard InChI is InChI=1S/C14H10BrClFNO2/c15-10-3-1-9(12(17)6-10)7-20-14(19)8-2-4-11(16)13(18)5-8/h1-6H,7,18H2. The second kappa shape index (κ2) is 6.24. The van der Waals surface area contributed by atoms with E-state index in [1.807, 2.05) is 0 Å². The van der Waals surface area contributed by atoms with Crippen LogP contribution in [0, 0.1) is 5.82 Å². The molecule has 3 nitrogen and oxygen atoms in total. The highest BCUT2D eigenvalue weighted by Crippen LogP contribution is 2.21. The third-order valence-corrected chi connectivity index (χ3v) is 3.44. The number of benzene rings is 2. The van der Waals surface area contributed by atoms with Crippen LogP contribution in [0.25, 0.3) is 0 Å². The molecular weight excluding hydrogens is 349 g/mol. The summed E-state index contributed by atoms with van der Waals surface area (Å²) in [6.45, 7) is -0.152. The summed E-state index contributed by atoms with van der Waals surface area (Å²) < 4.78 is 19.2. The second-order valence-electron chi connectivity index (χ2n) is 4.05. The number of hydrogen-bond donors (Lipinski definition) is 1. The van der Waals surface area contributed by atoms with Gasteiger partial charge in [-0.25, -0.2) is 9.18 Å². The lowest BCUT2D eigenvalue weighted by molar-refractivity contribution is 0.0469. The third kappa shape index (κ3) is 3.49. The number of rotatable bonds is 3. The minimum atomic E-state index is -0.587. The average Bonchev–Trinajstić information content (AvgIpc) is 2.40. The van der Waals surface area contributed by atoms with Gasteiger partial charge in [0.2, 0.25) is 0 Å². The molecule has 2 N–H and O–H groups in total. The van der Waals surface area contributed by atoms with Crippen LogP contribution < -0.4 is 5.73 Å². The van der Waals surface area contributed by atoms with E-state index in [2.05, 4.69) is 15.9 Å². The van der Waals surface area contributed by atoms with Crippen molar-refractivity contribution in [2.75, 3.05) is 5.73 Å². The molecule has 0 aliphatic rings. The molecule has 2 rings (SSSR count). The summed E-state index contributed by atoms with van der Waals surface area (Å²) in [6.07, 6.45) is 0. The number of nitrogens with two attached hydrogens (primary N) is 1. The number of halogens is 3. The summed E-state index contributed by atoms with van der Waals surface area (Å²) >= 11 is 8.92. The lowest BCUT2D eigenvalue weighted by Crippen LogP contribution is -2.07. The lowest BCUT2D eigenvalue weighted by atomic mass is 10.2. The van der Waals surface area contributed by atoms with Crippen LogP contribution in [0.5, 0.6) is 0 Å². The topological polar surface area (TPSA) is 52.3 Å². The Hall–Kier alpha value is -1.59. The van der Waals surface area contributed by atoms with E-state index < -0.39 is 11.8 Å². The Morgan fingerprint density at radius 2 is 2.05 bits per heavy atom. The summed E-state index contributed by atoms with van der Waals surface area (Å²) in [5, 5.41) is 0.362. The second-order valence-corrected chi connectivity index (χ2v) is 5.37. The SMILES string of the molecule is Nc1cc(C(=O)OCc2ccc(Br)cc2F)ccc1Cl. The first-order valence-corrected chi connectivity index (χ1v) is 6.80. The zero-order valence-corrected chi connectivity index (χ0v) is 12.5. The normalized spacial score (nSPS) is 10.3. The first-order valence-electron chi connectivity index (χ1n) is 5.63. The molecule has 0 unspecified atom stereocenters. The molecule has 0 atom stereocenters. The molecule has 0 aliphatic carbocycles. The average molecular weight is 359 g/mol. The number of hydrogen-bond acceptors (Lipinski definition) is 3. The highest BCUT2D eigenvalue weighted by atomic mass is 79.9. The molecule has 0 fully saturated rings. The summed E-state index contributed by atoms with van der Waals surface area (Å²) in [4.78, 5) is 11.8. The van der Waals surface area contributed by atoms with Crippen molar-refractivity contribution < 1.29 is 13.9 Å². The van der Waals surface area contributed by atoms with E-state index in [4.69, 9.17) is 22.1 Å². The molecule has 6 heteroatoms. The maximum Gasteiger partial charge on any atom is 0.338 e. The molecule has 0 aromatic heterocycles. The van der Waals surface area contributed by atoms with Crippen molar-refractivity contribution in [3.8, 4) is 0 Å². The molecule has 0 saturated heterocycles. The van der Waals surface area contributed by atoms with Gasteiger partial charge < -0.3 is 10.5 Å². The van der Waals surface area contributed by atoms with Crippen LogP contribution >= 0.6 is 27.5 Å². The Kier molecular flexibility index (Phi) is 4.62. The van der Waals surface area contributed by atoms with E-state index >= 15 is 0 Å². The zero-order valence-electron chi connectivity index (χ0n) is 10.2. The first kappa shape index (κ1) is 14.8. The fraction of sp³-hybridized carbons (Fsp3) is 0.0714. The number of anilines is 1. The largest absolute Gasteiger partial charge is 0.457 e. The highest BCUT2D eigenvalue weighted by Gasteiger charge is 2.11. The van der Waals surface area contributed by atoms with Crippen molar-refractivity contribution in [3.05, 3.63) is 62.8 Å². The quantitative estimate of drug-likeness (QED) is 0.661. The third-order valence-electron chi connectivity index (χ3n) is 2.61. The first-order chi connectivity index (χ1) is 9.47. The Morgan fingerprint density at radius 1 is 1.30 bits per heavy atom. The zero-order chi connectivity index (χ0) is 14.7. The van der Waals surface area contributed by atoms with E-state index in [9.17, 15) is 9.18 Å². The van der Waals surface area contributed by atoms with Crippen molar-refractivity contribution in [2.45, 2.75) is 6.61 Å². The lowest BCUT2D eigenvalue weighted by Gasteiger charge is -2.07. The molecule has 20 heavy (non-hydrogen) atoms. The maximum atomic E-state index is 13.6. The molecule has 0 radical (unpaired) electrons. The maximum absolute atomic E-state index is 13.6. The van der Waals surface area contributed by atoms with Gasteiger partial charge in [0.15, 0.2) is 0 Å². The Labute approximate surface area is 128 Å². The molecule has 0 saturated carbocycles. The van der Waals surface area contributed by atoms with Crippen LogP contribution in [0.4, 0.5) is 10.1 Å². The van der Waals surface area contributed by atoms with Crippen molar-refractivity contribution in [1.29, 1.82) is 0 Å². The number of nitrogen functional groups attached to an aromatic ring is 1. The van der Waals surface area contributed by atoms with Crippen LogP contribution in [0.1, 0.15) is 15.9 Å². The Morgan fingerprint density at radius 3 is 2.70 bits per heavy atom. The predicted octanol–water partition coefficient (Wildman–Crippen LogP) is 4.18. The van der Waals surface area contributed by atoms with Gasteiger partial charge in [0, 0.05) is 10.0 Å². The summed E-state index contributed by atoms with van der Waals surface area (Å²) in [5.74, 6) is -1.03. The highest BCUT2D eigenvalue weighted by molar-refractivity contribution is 9.10. The van der Waals surface area contributed by atoms with E-state index in [1.165, 1.54) is 24.3 Å². The van der Waals surface area contributed by atoms with Crippen molar-refractivity contribution in [3.63, 3.8) is 0 Å². The smallest absolute Gasteiger partial charge is 0.338 e. The van der Waals surface area contributed by atoms with Gasteiger partial charge in [-0.2, -0.15) is 0 Å². The van der Waals surface area contributed by atoms with Crippen molar-refractivity contribution >= 4 is 39.2 Å². The molecular formula is C14H10BrClFNO2. The van der Waals surface area contributed by atoms with Gasteiger partial charge in [-0.15, -0.1) is 0 Å². The monoisotopic (exact) mass is 357 g/mol. The van der Waals surface area contributed by atoms with Gasteiger partial charge in [0.25, 0.3) is 0 Å². The van der Waals surface area contributed by atoms with Crippen molar-refractivity contribution in [2.24, 2.45) is 0 Å². The van der Waals surface area contributed by atoms with Gasteiger partial charge in [0.05, 0.1) is 16.3 Å². The number of carbonyl (C=O) groups excluding carboxylic acids is 1. The van der Waals surface area contributed by atoms with E-state index in [-0.39, 0.29) is 17.9 Å². The van der Waals surface area contributed by atoms with Gasteiger partial charge in [-0.1, -0.05) is 33.6 Å². The van der Waals surface area contributed by atoms with Gasteiger partial charge >= 0.3 is 5.97 Å². The number of carbonyl (C=O) groups is 1. The van der Waals surface area contributed by atoms with Gasteiger partial charge in [-0.3, -0.25) is 0 Å². The molecule has 0 amide bonds. The molecule has 2 aromatic rings. The van der Waals surface area contributed by atoms with Crippen LogP contribution in [-0.2, 0) is 11.3 Å². The van der Waals surface area contributed by atoms with Crippen molar-refractivity contribution in [1.82, 2.24) is 0 Å². The summed E-state index contributed by atoms with van der Waals surface area (Å²) in [5.41, 5.74) is 6.45. The van der Waals surface area contributed by atoms with Crippen LogP contribution in [0.15, 0.2) is 40.9 Å². The minimum Gasteiger partial charge on any atom is -0.457 e. The van der Waals surface area contributed by atoms with Gasteiger partial charge in [-0.05, 0) is 30.3 Å². The van der Waals surface area contributed by atoms with E-state index in [1.54, 1.807) is 12.1 Å². The summed E-state index contributed by atoms with van der Waals surface area (Å²) in [6, 6.07) is 8.95. The minimum absolute atomic E-state index is 0.152. The molecule has 0 spiro atoms. The van der Waals surface area contributed by atoms with Crippen LogP contribution in [0.3, 0.4) is 0 Å². The van der Waals surface area contributed by atoms with E-state index in [0.717, 1.165) is 0 Å². The number of esters is 1. The fourth-order valence-electron chi connectivity index (χ4n) is 1.54. The number of ether oxygens (including phenoxy) is 1. The predicted molar refractivity (Wildman–Crippen MR) is 79.1 cm³/mol. The summed E-state index contributed by atoms with van der Waals surface area (Å²) in [7, 11) is 0. The van der Waals surface area contributed by atoms with Gasteiger partial charge in [0.1, 0.15) is 12.4 Å². The molecule has 0 bridgehead atoms.